The molecular weight excluding hydrogens is 390 g/mol. The van der Waals surface area contributed by atoms with Gasteiger partial charge in [0.15, 0.2) is 5.52 Å². The summed E-state index contributed by atoms with van der Waals surface area (Å²) < 4.78 is 6.95. The van der Waals surface area contributed by atoms with Crippen LogP contribution in [-0.2, 0) is 6.42 Å². The van der Waals surface area contributed by atoms with Crippen molar-refractivity contribution < 1.29 is 4.42 Å². The maximum absolute atomic E-state index is 12.8. The second-order valence-electron chi connectivity index (χ2n) is 7.41. The molecule has 0 aliphatic rings. The molecular formula is C25H17N3O3. The summed E-state index contributed by atoms with van der Waals surface area (Å²) in [5.41, 5.74) is 4.59. The molecule has 31 heavy (non-hydrogen) atoms. The smallest absolute Gasteiger partial charge is 0.362 e. The van der Waals surface area contributed by atoms with Gasteiger partial charge < -0.3 is 4.42 Å². The van der Waals surface area contributed by atoms with E-state index in [2.05, 4.69) is 11.1 Å². The average molecular weight is 407 g/mol. The third-order valence-electron chi connectivity index (χ3n) is 5.47. The van der Waals surface area contributed by atoms with Crippen LogP contribution in [0.25, 0.3) is 38.8 Å². The molecule has 0 spiro atoms. The Kier molecular flexibility index (Phi) is 4.30. The van der Waals surface area contributed by atoms with E-state index < -0.39 is 11.3 Å². The van der Waals surface area contributed by atoms with Gasteiger partial charge in [0.25, 0.3) is 0 Å². The van der Waals surface area contributed by atoms with E-state index in [1.54, 1.807) is 30.3 Å². The number of H-pyrrole nitrogens is 1. The maximum Gasteiger partial charge on any atom is 0.362 e. The van der Waals surface area contributed by atoms with Crippen LogP contribution in [0.3, 0.4) is 0 Å². The first-order valence-corrected chi connectivity index (χ1v) is 9.80. The summed E-state index contributed by atoms with van der Waals surface area (Å²) in [4.78, 5) is 28.0. The van der Waals surface area contributed by atoms with Gasteiger partial charge in [-0.3, -0.25) is 9.55 Å². The van der Waals surface area contributed by atoms with Gasteiger partial charge in [0.1, 0.15) is 5.58 Å². The van der Waals surface area contributed by atoms with Crippen LogP contribution in [0.15, 0.2) is 80.7 Å². The second kappa shape index (κ2) is 7.15. The molecule has 0 unspecified atom stereocenters. The minimum Gasteiger partial charge on any atom is -0.421 e. The number of aryl methyl sites for hydroxylation is 1. The van der Waals surface area contributed by atoms with E-state index in [0.717, 1.165) is 22.3 Å². The zero-order chi connectivity index (χ0) is 21.5. The van der Waals surface area contributed by atoms with Crippen molar-refractivity contribution in [3.05, 3.63) is 98.8 Å². The monoisotopic (exact) mass is 407 g/mol. The van der Waals surface area contributed by atoms with Crippen molar-refractivity contribution in [3.8, 4) is 22.9 Å². The molecule has 0 aliphatic carbocycles. The Bertz CT molecular complexity index is 1610. The van der Waals surface area contributed by atoms with Gasteiger partial charge in [-0.15, -0.1) is 0 Å². The predicted octanol–water partition coefficient (Wildman–Crippen LogP) is 4.47. The number of aromatic amines is 1. The number of nitrogens with zero attached hydrogens (tertiary/aromatic N) is 2. The molecule has 0 radical (unpaired) electrons. The topological polar surface area (TPSA) is 91.8 Å². The van der Waals surface area contributed by atoms with Crippen molar-refractivity contribution in [2.75, 3.05) is 0 Å². The normalized spacial score (nSPS) is 11.1. The lowest BCUT2D eigenvalue weighted by Crippen LogP contribution is -2.14. The lowest BCUT2D eigenvalue weighted by atomic mass is 9.99. The van der Waals surface area contributed by atoms with Crippen LogP contribution in [0.1, 0.15) is 11.1 Å². The lowest BCUT2D eigenvalue weighted by Gasteiger charge is -2.09. The van der Waals surface area contributed by atoms with Gasteiger partial charge in [-0.05, 0) is 53.4 Å². The number of nitrogens with one attached hydrogen (secondary N) is 1. The molecule has 0 aliphatic heterocycles. The van der Waals surface area contributed by atoms with Gasteiger partial charge in [-0.2, -0.15) is 5.26 Å². The van der Waals surface area contributed by atoms with E-state index in [0.29, 0.717) is 22.2 Å². The van der Waals surface area contributed by atoms with E-state index >= 15 is 0 Å². The number of imidazole rings is 1. The summed E-state index contributed by atoms with van der Waals surface area (Å²) in [6, 6.07) is 22.9. The Morgan fingerprint density at radius 2 is 1.81 bits per heavy atom. The van der Waals surface area contributed by atoms with E-state index in [4.69, 9.17) is 9.68 Å². The van der Waals surface area contributed by atoms with Crippen LogP contribution in [0, 0.1) is 18.3 Å². The van der Waals surface area contributed by atoms with Crippen LogP contribution >= 0.6 is 0 Å². The Balaban J connectivity index is 1.83. The van der Waals surface area contributed by atoms with Crippen LogP contribution in [0.4, 0.5) is 0 Å². The Hall–Kier alpha value is -4.37. The summed E-state index contributed by atoms with van der Waals surface area (Å²) in [6.07, 6.45) is 0.287. The maximum atomic E-state index is 12.8. The molecule has 150 valence electrons. The molecule has 1 N–H and O–H groups in total. The van der Waals surface area contributed by atoms with E-state index in [9.17, 15) is 9.59 Å². The van der Waals surface area contributed by atoms with Gasteiger partial charge >= 0.3 is 11.3 Å². The lowest BCUT2D eigenvalue weighted by molar-refractivity contribution is 0.568. The number of fused-ring (bicyclic) bond motifs is 3. The Labute approximate surface area is 176 Å². The number of rotatable bonds is 3. The fourth-order valence-electron chi connectivity index (χ4n) is 3.96. The summed E-state index contributed by atoms with van der Waals surface area (Å²) in [5.74, 6) is 0. The Morgan fingerprint density at radius 3 is 2.55 bits per heavy atom. The molecule has 0 atom stereocenters. The van der Waals surface area contributed by atoms with Gasteiger partial charge in [-0.1, -0.05) is 42.5 Å². The molecule has 3 aromatic carbocycles. The Morgan fingerprint density at radius 1 is 1.03 bits per heavy atom. The van der Waals surface area contributed by atoms with Crippen molar-refractivity contribution >= 4 is 22.0 Å². The van der Waals surface area contributed by atoms with Crippen LogP contribution in [0.2, 0.25) is 0 Å². The average Bonchev–Trinajstić information content (AvgIpc) is 3.13. The van der Waals surface area contributed by atoms with Gasteiger partial charge in [0.05, 0.1) is 23.7 Å². The van der Waals surface area contributed by atoms with Crippen LogP contribution in [-0.4, -0.2) is 9.55 Å². The molecule has 6 nitrogen and oxygen atoms in total. The SMILES string of the molecule is Cc1ccccc1-c1ccc2oc(=O)c3[nH]c(=O)n(-c4ccc(CC#N)cc4)c3c2c1. The second-order valence-corrected chi connectivity index (χ2v) is 7.41. The molecule has 5 aromatic rings. The number of benzene rings is 3. The van der Waals surface area contributed by atoms with Crippen molar-refractivity contribution in [2.24, 2.45) is 0 Å². The van der Waals surface area contributed by atoms with Crippen molar-refractivity contribution in [3.63, 3.8) is 0 Å². The minimum atomic E-state index is -0.594. The summed E-state index contributed by atoms with van der Waals surface area (Å²) in [7, 11) is 0. The first kappa shape index (κ1) is 18.6. The quantitative estimate of drug-likeness (QED) is 0.447. The predicted molar refractivity (Wildman–Crippen MR) is 119 cm³/mol. The van der Waals surface area contributed by atoms with E-state index in [1.807, 2.05) is 43.3 Å². The molecule has 5 rings (SSSR count). The highest BCUT2D eigenvalue weighted by molar-refractivity contribution is 6.03. The highest BCUT2D eigenvalue weighted by atomic mass is 16.4. The molecule has 2 aromatic heterocycles. The van der Waals surface area contributed by atoms with Gasteiger partial charge in [-0.25, -0.2) is 9.59 Å². The van der Waals surface area contributed by atoms with Crippen molar-refractivity contribution in [1.29, 1.82) is 5.26 Å². The molecule has 6 heteroatoms. The minimum absolute atomic E-state index is 0.125. The largest absolute Gasteiger partial charge is 0.421 e. The zero-order valence-corrected chi connectivity index (χ0v) is 16.7. The molecule has 0 fully saturated rings. The number of hydrogen-bond donors (Lipinski definition) is 1. The van der Waals surface area contributed by atoms with Crippen molar-refractivity contribution in [1.82, 2.24) is 9.55 Å². The highest BCUT2D eigenvalue weighted by Crippen LogP contribution is 2.30. The molecule has 0 bridgehead atoms. The number of hydrogen-bond acceptors (Lipinski definition) is 4. The molecule has 2 heterocycles. The highest BCUT2D eigenvalue weighted by Gasteiger charge is 2.18. The molecule has 0 amide bonds. The van der Waals surface area contributed by atoms with Gasteiger partial charge in [0.2, 0.25) is 0 Å². The summed E-state index contributed by atoms with van der Waals surface area (Å²) >= 11 is 0. The van der Waals surface area contributed by atoms with Crippen molar-refractivity contribution in [2.45, 2.75) is 13.3 Å². The van der Waals surface area contributed by atoms with E-state index in [-0.39, 0.29) is 11.9 Å². The summed E-state index contributed by atoms with van der Waals surface area (Å²) in [5, 5.41) is 9.55. The fourth-order valence-corrected chi connectivity index (χ4v) is 3.96. The standard InChI is InChI=1S/C25H17N3O3/c1-15-4-2-3-5-19(15)17-8-11-21-20(14-17)23-22(24(29)31-21)27-25(30)28(23)18-9-6-16(7-10-18)12-13-26/h2-11,14H,12H2,1H3,(H,27,30). The third kappa shape index (κ3) is 3.04. The first-order valence-electron chi connectivity index (χ1n) is 9.80. The third-order valence-corrected chi connectivity index (χ3v) is 5.47. The van der Waals surface area contributed by atoms with Crippen LogP contribution < -0.4 is 11.3 Å². The summed E-state index contributed by atoms with van der Waals surface area (Å²) in [6.45, 7) is 2.04. The number of nitriles is 1. The first-order chi connectivity index (χ1) is 15.1. The van der Waals surface area contributed by atoms with Crippen LogP contribution in [0.5, 0.6) is 0 Å². The fraction of sp³-hybridized carbons (Fsp3) is 0.0800. The zero-order valence-electron chi connectivity index (χ0n) is 16.7. The van der Waals surface area contributed by atoms with Gasteiger partial charge in [0, 0.05) is 5.39 Å². The number of aromatic nitrogens is 2. The molecule has 0 saturated carbocycles. The molecule has 0 saturated heterocycles. The van der Waals surface area contributed by atoms with E-state index in [1.165, 1.54) is 4.57 Å².